The van der Waals surface area contributed by atoms with Crippen molar-refractivity contribution >= 4 is 18.3 Å². The molecule has 0 spiro atoms. The Labute approximate surface area is 159 Å². The van der Waals surface area contributed by atoms with E-state index in [2.05, 4.69) is 54.5 Å². The number of likely N-dealkylation sites (tertiary alicyclic amines) is 1. The number of benzene rings is 1. The Bertz CT molecular complexity index is 542. The molecule has 142 valence electrons. The lowest BCUT2D eigenvalue weighted by Crippen LogP contribution is -2.42. The smallest absolute Gasteiger partial charge is 0.234 e. The molecule has 25 heavy (non-hydrogen) atoms. The van der Waals surface area contributed by atoms with Crippen molar-refractivity contribution in [1.82, 2.24) is 15.5 Å². The standard InChI is InChI=1S/C20H33N3O.ClH/c1-15-5-6-19(13-16(15)2)17(3)22-20(24)14-23-11-8-18(9-12-23)7-10-21-4;/h5-6,13,17-18,21H,7-12,14H2,1-4H3,(H,22,24);1H. The highest BCUT2D eigenvalue weighted by molar-refractivity contribution is 5.85. The van der Waals surface area contributed by atoms with Crippen LogP contribution in [0.5, 0.6) is 0 Å². The number of aryl methyl sites for hydroxylation is 2. The maximum atomic E-state index is 12.3. The van der Waals surface area contributed by atoms with Gasteiger partial charge >= 0.3 is 0 Å². The van der Waals surface area contributed by atoms with E-state index in [-0.39, 0.29) is 24.4 Å². The zero-order chi connectivity index (χ0) is 17.5. The van der Waals surface area contributed by atoms with Crippen molar-refractivity contribution in [2.45, 2.75) is 46.1 Å². The van der Waals surface area contributed by atoms with E-state index >= 15 is 0 Å². The number of nitrogens with one attached hydrogen (secondary N) is 2. The number of amides is 1. The van der Waals surface area contributed by atoms with Gasteiger partial charge < -0.3 is 10.6 Å². The Kier molecular flexibility index (Phi) is 9.47. The van der Waals surface area contributed by atoms with Gasteiger partial charge in [-0.3, -0.25) is 9.69 Å². The molecule has 1 unspecified atom stereocenters. The fourth-order valence-corrected chi connectivity index (χ4v) is 3.39. The predicted molar refractivity (Wildman–Crippen MR) is 107 cm³/mol. The van der Waals surface area contributed by atoms with E-state index in [0.29, 0.717) is 6.54 Å². The second-order valence-corrected chi connectivity index (χ2v) is 7.24. The third-order valence-corrected chi connectivity index (χ3v) is 5.29. The third-order valence-electron chi connectivity index (χ3n) is 5.29. The van der Waals surface area contributed by atoms with Crippen molar-refractivity contribution in [3.05, 3.63) is 34.9 Å². The van der Waals surface area contributed by atoms with Crippen LogP contribution in [0.25, 0.3) is 0 Å². The summed E-state index contributed by atoms with van der Waals surface area (Å²) in [4.78, 5) is 14.6. The topological polar surface area (TPSA) is 44.4 Å². The first kappa shape index (κ1) is 21.9. The normalized spacial score (nSPS) is 17.0. The molecule has 4 nitrogen and oxygen atoms in total. The maximum absolute atomic E-state index is 12.3. The predicted octanol–water partition coefficient (Wildman–Crippen LogP) is 3.22. The molecule has 1 aliphatic heterocycles. The summed E-state index contributed by atoms with van der Waals surface area (Å²) in [6.07, 6.45) is 3.67. The molecule has 0 bridgehead atoms. The van der Waals surface area contributed by atoms with Crippen LogP contribution >= 0.6 is 12.4 Å². The number of nitrogens with zero attached hydrogens (tertiary/aromatic N) is 1. The van der Waals surface area contributed by atoms with Crippen molar-refractivity contribution in [2.24, 2.45) is 5.92 Å². The van der Waals surface area contributed by atoms with Crippen LogP contribution in [0.4, 0.5) is 0 Å². The lowest BCUT2D eigenvalue weighted by molar-refractivity contribution is -0.123. The number of piperidine rings is 1. The van der Waals surface area contributed by atoms with Crippen molar-refractivity contribution in [2.75, 3.05) is 33.2 Å². The van der Waals surface area contributed by atoms with Gasteiger partial charge in [0.15, 0.2) is 0 Å². The fourth-order valence-electron chi connectivity index (χ4n) is 3.39. The summed E-state index contributed by atoms with van der Waals surface area (Å²) in [7, 11) is 2.01. The molecule has 1 aliphatic rings. The summed E-state index contributed by atoms with van der Waals surface area (Å²) < 4.78 is 0. The molecule has 0 radical (unpaired) electrons. The molecule has 1 aromatic rings. The zero-order valence-electron chi connectivity index (χ0n) is 16.1. The lowest BCUT2D eigenvalue weighted by atomic mass is 9.93. The molecule has 1 fully saturated rings. The van der Waals surface area contributed by atoms with Gasteiger partial charge in [0.25, 0.3) is 0 Å². The largest absolute Gasteiger partial charge is 0.348 e. The van der Waals surface area contributed by atoms with Crippen molar-refractivity contribution in [1.29, 1.82) is 0 Å². The monoisotopic (exact) mass is 367 g/mol. The fraction of sp³-hybridized carbons (Fsp3) is 0.650. The van der Waals surface area contributed by atoms with E-state index in [0.717, 1.165) is 25.6 Å². The minimum Gasteiger partial charge on any atom is -0.348 e. The molecule has 1 saturated heterocycles. The molecular formula is C20H34ClN3O. The molecule has 0 saturated carbocycles. The Morgan fingerprint density at radius 1 is 1.24 bits per heavy atom. The zero-order valence-corrected chi connectivity index (χ0v) is 16.9. The van der Waals surface area contributed by atoms with E-state index in [4.69, 9.17) is 0 Å². The maximum Gasteiger partial charge on any atom is 0.234 e. The number of hydrogen-bond donors (Lipinski definition) is 2. The SMILES string of the molecule is CNCCC1CCN(CC(=O)NC(C)c2ccc(C)c(C)c2)CC1.Cl. The Hall–Kier alpha value is -1.10. The van der Waals surface area contributed by atoms with Crippen LogP contribution in [0, 0.1) is 19.8 Å². The molecule has 1 heterocycles. The van der Waals surface area contributed by atoms with Crippen LogP contribution in [-0.4, -0.2) is 44.0 Å². The molecular weight excluding hydrogens is 334 g/mol. The van der Waals surface area contributed by atoms with Gasteiger partial charge in [-0.1, -0.05) is 18.2 Å². The summed E-state index contributed by atoms with van der Waals surface area (Å²) >= 11 is 0. The first-order chi connectivity index (χ1) is 11.5. The van der Waals surface area contributed by atoms with Gasteiger partial charge in [-0.2, -0.15) is 0 Å². The van der Waals surface area contributed by atoms with Gasteiger partial charge in [0, 0.05) is 0 Å². The van der Waals surface area contributed by atoms with Gasteiger partial charge in [-0.15, -0.1) is 12.4 Å². The summed E-state index contributed by atoms with van der Waals surface area (Å²) in [6.45, 7) is 9.99. The highest BCUT2D eigenvalue weighted by Gasteiger charge is 2.21. The second kappa shape index (κ2) is 10.8. The third kappa shape index (κ3) is 6.96. The Morgan fingerprint density at radius 2 is 1.92 bits per heavy atom. The first-order valence-electron chi connectivity index (χ1n) is 9.23. The van der Waals surface area contributed by atoms with Crippen LogP contribution < -0.4 is 10.6 Å². The molecule has 0 aliphatic carbocycles. The molecule has 1 aromatic carbocycles. The quantitative estimate of drug-likeness (QED) is 0.777. The average molecular weight is 368 g/mol. The lowest BCUT2D eigenvalue weighted by Gasteiger charge is -2.31. The average Bonchev–Trinajstić information content (AvgIpc) is 2.56. The first-order valence-corrected chi connectivity index (χ1v) is 9.23. The highest BCUT2D eigenvalue weighted by Crippen LogP contribution is 2.20. The molecule has 0 aromatic heterocycles. The van der Waals surface area contributed by atoms with E-state index in [9.17, 15) is 4.79 Å². The number of halogens is 1. The van der Waals surface area contributed by atoms with Crippen LogP contribution in [0.3, 0.4) is 0 Å². The van der Waals surface area contributed by atoms with Gasteiger partial charge in [-0.25, -0.2) is 0 Å². The van der Waals surface area contributed by atoms with Crippen molar-refractivity contribution in [3.63, 3.8) is 0 Å². The van der Waals surface area contributed by atoms with Gasteiger partial charge in [0.05, 0.1) is 12.6 Å². The van der Waals surface area contributed by atoms with Crippen LogP contribution in [0.2, 0.25) is 0 Å². The van der Waals surface area contributed by atoms with E-state index in [1.54, 1.807) is 0 Å². The Balaban J connectivity index is 0.00000312. The number of hydrogen-bond acceptors (Lipinski definition) is 3. The Morgan fingerprint density at radius 3 is 2.52 bits per heavy atom. The molecule has 1 atom stereocenters. The van der Waals surface area contributed by atoms with Gasteiger partial charge in [-0.05, 0) is 89.3 Å². The van der Waals surface area contributed by atoms with E-state index in [1.807, 2.05) is 7.05 Å². The summed E-state index contributed by atoms with van der Waals surface area (Å²) in [6, 6.07) is 6.47. The van der Waals surface area contributed by atoms with Crippen molar-refractivity contribution in [3.8, 4) is 0 Å². The van der Waals surface area contributed by atoms with Gasteiger partial charge in [0.2, 0.25) is 5.91 Å². The molecule has 1 amide bonds. The second-order valence-electron chi connectivity index (χ2n) is 7.24. The number of carbonyl (C=O) groups is 1. The van der Waals surface area contributed by atoms with Crippen molar-refractivity contribution < 1.29 is 4.79 Å². The highest BCUT2D eigenvalue weighted by atomic mass is 35.5. The van der Waals surface area contributed by atoms with Crippen LogP contribution in [0.1, 0.15) is 48.9 Å². The van der Waals surface area contributed by atoms with Crippen LogP contribution in [0.15, 0.2) is 18.2 Å². The number of rotatable bonds is 7. The minimum absolute atomic E-state index is 0. The molecule has 2 N–H and O–H groups in total. The van der Waals surface area contributed by atoms with Crippen LogP contribution in [-0.2, 0) is 4.79 Å². The van der Waals surface area contributed by atoms with Gasteiger partial charge in [0.1, 0.15) is 0 Å². The molecule has 2 rings (SSSR count). The number of carbonyl (C=O) groups excluding carboxylic acids is 1. The molecule has 5 heteroatoms. The summed E-state index contributed by atoms with van der Waals surface area (Å²) in [5.41, 5.74) is 3.74. The van der Waals surface area contributed by atoms with E-state index in [1.165, 1.54) is 36.0 Å². The minimum atomic E-state index is 0. The summed E-state index contributed by atoms with van der Waals surface area (Å²) in [5, 5.41) is 6.37. The van der Waals surface area contributed by atoms with E-state index < -0.39 is 0 Å². The summed E-state index contributed by atoms with van der Waals surface area (Å²) in [5.74, 6) is 0.945.